The lowest BCUT2D eigenvalue weighted by molar-refractivity contribution is 0.0373. The van der Waals surface area contributed by atoms with E-state index in [9.17, 15) is 0 Å². The molecule has 54 valence electrons. The van der Waals surface area contributed by atoms with Gasteiger partial charge in [0, 0.05) is 3.92 Å². The summed E-state index contributed by atoms with van der Waals surface area (Å²) < 4.78 is 0.894. The number of halogens is 1. The Kier molecular flexibility index (Phi) is 1.83. The predicted octanol–water partition coefficient (Wildman–Crippen LogP) is 3.10. The monoisotopic (exact) mass is 238 g/mol. The molecule has 0 aromatic carbocycles. The van der Waals surface area contributed by atoms with Crippen molar-refractivity contribution in [2.24, 2.45) is 17.3 Å². The number of alkyl halides is 1. The topological polar surface area (TPSA) is 0 Å². The van der Waals surface area contributed by atoms with Crippen LogP contribution in [0.5, 0.6) is 0 Å². The minimum atomic E-state index is 0.597. The zero-order chi connectivity index (χ0) is 7.23. The van der Waals surface area contributed by atoms with Crippen molar-refractivity contribution in [3.63, 3.8) is 0 Å². The molecule has 1 rings (SSSR count). The Morgan fingerprint density at radius 1 is 1.22 bits per heavy atom. The van der Waals surface area contributed by atoms with Gasteiger partial charge in [-0.2, -0.15) is 0 Å². The Morgan fingerprint density at radius 2 is 1.67 bits per heavy atom. The van der Waals surface area contributed by atoms with E-state index in [-0.39, 0.29) is 0 Å². The van der Waals surface area contributed by atoms with Gasteiger partial charge in [0.15, 0.2) is 0 Å². The molecule has 0 aliphatic heterocycles. The Bertz CT molecular complexity index is 106. The fourth-order valence-electron chi connectivity index (χ4n) is 1.74. The number of rotatable bonds is 0. The second kappa shape index (κ2) is 2.11. The summed E-state index contributed by atoms with van der Waals surface area (Å²) in [7, 11) is 0. The smallest absolute Gasteiger partial charge is 0.0192 e. The fourth-order valence-corrected chi connectivity index (χ4v) is 2.93. The highest BCUT2D eigenvalue weighted by molar-refractivity contribution is 14.1. The van der Waals surface area contributed by atoms with Gasteiger partial charge in [-0.1, -0.05) is 50.3 Å². The molecule has 0 heterocycles. The van der Waals surface area contributed by atoms with Crippen LogP contribution in [0.15, 0.2) is 0 Å². The van der Waals surface area contributed by atoms with Gasteiger partial charge in [0.2, 0.25) is 0 Å². The first-order valence-corrected chi connectivity index (χ1v) is 4.86. The van der Waals surface area contributed by atoms with E-state index in [4.69, 9.17) is 0 Å². The molecule has 0 radical (unpaired) electrons. The molecular weight excluding hydrogens is 223 g/mol. The predicted molar refractivity (Wildman–Crippen MR) is 49.9 cm³/mol. The van der Waals surface area contributed by atoms with Crippen LogP contribution in [-0.2, 0) is 0 Å². The number of hydrogen-bond acceptors (Lipinski definition) is 0. The summed E-state index contributed by atoms with van der Waals surface area (Å²) in [4.78, 5) is 0. The fraction of sp³-hybridized carbons (Fsp3) is 1.00. The van der Waals surface area contributed by atoms with Crippen LogP contribution in [0.25, 0.3) is 0 Å². The summed E-state index contributed by atoms with van der Waals surface area (Å²) in [6.45, 7) is 9.45. The van der Waals surface area contributed by atoms with Crippen molar-refractivity contribution in [3.05, 3.63) is 0 Å². The largest absolute Gasteiger partial charge is 0.0817 e. The lowest BCUT2D eigenvalue weighted by Crippen LogP contribution is -2.51. The van der Waals surface area contributed by atoms with Crippen molar-refractivity contribution in [2.75, 3.05) is 0 Å². The molecule has 0 spiro atoms. The maximum Gasteiger partial charge on any atom is 0.0192 e. The maximum absolute atomic E-state index is 2.58. The van der Waals surface area contributed by atoms with Gasteiger partial charge in [-0.05, 0) is 17.3 Å². The van der Waals surface area contributed by atoms with Gasteiger partial charge in [-0.15, -0.1) is 0 Å². The standard InChI is InChI=1S/C8H15I/c1-5-6(2)8(3,4)7(5)9/h5-7H,1-4H3. The van der Waals surface area contributed by atoms with E-state index in [0.29, 0.717) is 5.41 Å². The van der Waals surface area contributed by atoms with Crippen molar-refractivity contribution in [1.29, 1.82) is 0 Å². The summed E-state index contributed by atoms with van der Waals surface area (Å²) in [5.74, 6) is 1.85. The van der Waals surface area contributed by atoms with Gasteiger partial charge in [0.1, 0.15) is 0 Å². The highest BCUT2D eigenvalue weighted by atomic mass is 127. The van der Waals surface area contributed by atoms with Gasteiger partial charge < -0.3 is 0 Å². The van der Waals surface area contributed by atoms with Crippen molar-refractivity contribution in [3.8, 4) is 0 Å². The molecule has 3 unspecified atom stereocenters. The SMILES string of the molecule is CC1C(C)C(C)(C)C1I. The van der Waals surface area contributed by atoms with Gasteiger partial charge in [0.05, 0.1) is 0 Å². The van der Waals surface area contributed by atoms with E-state index >= 15 is 0 Å². The summed E-state index contributed by atoms with van der Waals surface area (Å²) in [6.07, 6.45) is 0. The second-order valence-electron chi connectivity index (χ2n) is 3.87. The molecule has 3 atom stereocenters. The first-order valence-electron chi connectivity index (χ1n) is 3.62. The van der Waals surface area contributed by atoms with E-state index in [1.807, 2.05) is 0 Å². The summed E-state index contributed by atoms with van der Waals surface area (Å²) in [6, 6.07) is 0. The Balaban J connectivity index is 2.62. The average Bonchev–Trinajstić information content (AvgIpc) is 1.84. The van der Waals surface area contributed by atoms with Crippen molar-refractivity contribution in [2.45, 2.75) is 31.6 Å². The van der Waals surface area contributed by atoms with Crippen molar-refractivity contribution < 1.29 is 0 Å². The quantitative estimate of drug-likeness (QED) is 0.449. The minimum absolute atomic E-state index is 0.597. The van der Waals surface area contributed by atoms with Gasteiger partial charge in [-0.25, -0.2) is 0 Å². The van der Waals surface area contributed by atoms with Crippen LogP contribution in [0, 0.1) is 17.3 Å². The van der Waals surface area contributed by atoms with Crippen LogP contribution in [0.4, 0.5) is 0 Å². The molecule has 0 bridgehead atoms. The molecule has 1 fully saturated rings. The molecular formula is C8H15I. The van der Waals surface area contributed by atoms with Crippen LogP contribution in [0.3, 0.4) is 0 Å². The molecule has 1 aliphatic carbocycles. The number of hydrogen-bond donors (Lipinski definition) is 0. The van der Waals surface area contributed by atoms with Gasteiger partial charge >= 0.3 is 0 Å². The van der Waals surface area contributed by atoms with Gasteiger partial charge in [-0.3, -0.25) is 0 Å². The molecule has 0 aromatic rings. The van der Waals surface area contributed by atoms with Crippen molar-refractivity contribution in [1.82, 2.24) is 0 Å². The van der Waals surface area contributed by atoms with Crippen LogP contribution in [0.2, 0.25) is 0 Å². The van der Waals surface area contributed by atoms with Gasteiger partial charge in [0.25, 0.3) is 0 Å². The molecule has 0 N–H and O–H groups in total. The summed E-state index contributed by atoms with van der Waals surface area (Å²) in [5, 5.41) is 0. The molecule has 1 heteroatoms. The van der Waals surface area contributed by atoms with E-state index in [0.717, 1.165) is 15.8 Å². The minimum Gasteiger partial charge on any atom is -0.0817 e. The van der Waals surface area contributed by atoms with E-state index < -0.39 is 0 Å². The first kappa shape index (κ1) is 7.83. The average molecular weight is 238 g/mol. The van der Waals surface area contributed by atoms with Crippen LogP contribution in [-0.4, -0.2) is 3.92 Å². The highest BCUT2D eigenvalue weighted by Crippen LogP contribution is 2.54. The Labute approximate surface area is 71.5 Å². The van der Waals surface area contributed by atoms with Crippen molar-refractivity contribution >= 4 is 22.6 Å². The molecule has 9 heavy (non-hydrogen) atoms. The third-order valence-electron chi connectivity index (χ3n) is 3.13. The Morgan fingerprint density at radius 3 is 1.78 bits per heavy atom. The molecule has 1 aliphatic rings. The zero-order valence-electron chi connectivity index (χ0n) is 6.61. The maximum atomic E-state index is 2.58. The zero-order valence-corrected chi connectivity index (χ0v) is 8.77. The molecule has 1 saturated carbocycles. The summed E-state index contributed by atoms with van der Waals surface area (Å²) >= 11 is 2.58. The third-order valence-corrected chi connectivity index (χ3v) is 5.87. The molecule has 0 nitrogen and oxygen atoms in total. The normalized spacial score (nSPS) is 48.3. The van der Waals surface area contributed by atoms with Crippen LogP contribution >= 0.6 is 22.6 Å². The van der Waals surface area contributed by atoms with E-state index in [1.165, 1.54) is 0 Å². The Hall–Kier alpha value is 0.730. The van der Waals surface area contributed by atoms with Crippen LogP contribution in [0.1, 0.15) is 27.7 Å². The molecule has 0 saturated heterocycles. The van der Waals surface area contributed by atoms with E-state index in [1.54, 1.807) is 0 Å². The second-order valence-corrected chi connectivity index (χ2v) is 5.21. The first-order chi connectivity index (χ1) is 3.98. The summed E-state index contributed by atoms with van der Waals surface area (Å²) in [5.41, 5.74) is 0.597. The molecule has 0 aromatic heterocycles. The molecule has 0 amide bonds. The highest BCUT2D eigenvalue weighted by Gasteiger charge is 2.49. The van der Waals surface area contributed by atoms with E-state index in [2.05, 4.69) is 50.3 Å². The lowest BCUT2D eigenvalue weighted by atomic mass is 9.57. The van der Waals surface area contributed by atoms with Crippen LogP contribution < -0.4 is 0 Å². The lowest BCUT2D eigenvalue weighted by Gasteiger charge is -2.53. The third kappa shape index (κ3) is 0.920.